The summed E-state index contributed by atoms with van der Waals surface area (Å²) in [5.41, 5.74) is 2.98. The lowest BCUT2D eigenvalue weighted by atomic mass is 9.75. The number of hydrogen-bond acceptors (Lipinski definition) is 1. The normalized spacial score (nSPS) is 23.8. The van der Waals surface area contributed by atoms with E-state index in [-0.39, 0.29) is 0 Å². The van der Waals surface area contributed by atoms with Gasteiger partial charge in [-0.05, 0) is 48.8 Å². The smallest absolute Gasteiger partial charge is 0.00787 e. The van der Waals surface area contributed by atoms with Crippen LogP contribution in [0.15, 0.2) is 24.3 Å². The van der Waals surface area contributed by atoms with Crippen molar-refractivity contribution in [3.63, 3.8) is 0 Å². The zero-order valence-corrected chi connectivity index (χ0v) is 11.4. The second kappa shape index (κ2) is 5.68. The second-order valence-corrected chi connectivity index (χ2v) is 5.64. The summed E-state index contributed by atoms with van der Waals surface area (Å²) in [6.45, 7) is 7.91. The third kappa shape index (κ3) is 3.10. The van der Waals surface area contributed by atoms with E-state index in [0.717, 1.165) is 12.0 Å². The first-order valence-corrected chi connectivity index (χ1v) is 7.04. The van der Waals surface area contributed by atoms with Crippen LogP contribution in [-0.4, -0.2) is 12.6 Å². The second-order valence-electron chi connectivity index (χ2n) is 5.64. The largest absolute Gasteiger partial charge is 0.314 e. The van der Waals surface area contributed by atoms with E-state index in [1.54, 1.807) is 0 Å². The zero-order valence-electron chi connectivity index (χ0n) is 11.4. The highest BCUT2D eigenvalue weighted by Gasteiger charge is 2.29. The number of rotatable bonds is 5. The van der Waals surface area contributed by atoms with Gasteiger partial charge in [0, 0.05) is 6.04 Å². The molecule has 2 rings (SSSR count). The van der Waals surface area contributed by atoms with E-state index in [1.165, 1.54) is 36.9 Å². The van der Waals surface area contributed by atoms with Crippen LogP contribution < -0.4 is 5.32 Å². The lowest BCUT2D eigenvalue weighted by Gasteiger charge is -2.36. The Morgan fingerprint density at radius 2 is 1.82 bits per heavy atom. The Bertz CT molecular complexity index is 333. The lowest BCUT2D eigenvalue weighted by Crippen LogP contribution is -2.40. The van der Waals surface area contributed by atoms with Crippen molar-refractivity contribution in [2.24, 2.45) is 0 Å². The maximum atomic E-state index is 3.60. The maximum absolute atomic E-state index is 3.60. The van der Waals surface area contributed by atoms with E-state index in [0.29, 0.717) is 5.92 Å². The third-order valence-corrected chi connectivity index (χ3v) is 3.90. The van der Waals surface area contributed by atoms with Gasteiger partial charge in [-0.2, -0.15) is 0 Å². The molecule has 1 aliphatic rings. The quantitative estimate of drug-likeness (QED) is 0.806. The van der Waals surface area contributed by atoms with Gasteiger partial charge in [0.15, 0.2) is 0 Å². The van der Waals surface area contributed by atoms with Crippen LogP contribution in [0.5, 0.6) is 0 Å². The monoisotopic (exact) mass is 231 g/mol. The van der Waals surface area contributed by atoms with Crippen molar-refractivity contribution in [1.29, 1.82) is 0 Å². The standard InChI is InChI=1S/C16H25N/c1-4-9-17-16-10-15(11-16)14-7-5-13(6-8-14)12(2)3/h5-8,12,15-17H,4,9-11H2,1-3H3. The minimum Gasteiger partial charge on any atom is -0.314 e. The molecule has 0 heterocycles. The van der Waals surface area contributed by atoms with Gasteiger partial charge in [-0.15, -0.1) is 0 Å². The zero-order chi connectivity index (χ0) is 12.3. The van der Waals surface area contributed by atoms with Crippen LogP contribution in [0, 0.1) is 0 Å². The summed E-state index contributed by atoms with van der Waals surface area (Å²) in [5, 5.41) is 3.60. The molecule has 1 nitrogen and oxygen atoms in total. The SMILES string of the molecule is CCCNC1CC(c2ccc(C(C)C)cc2)C1. The van der Waals surface area contributed by atoms with Crippen LogP contribution in [0.2, 0.25) is 0 Å². The van der Waals surface area contributed by atoms with E-state index in [2.05, 4.69) is 50.4 Å². The Morgan fingerprint density at radius 3 is 2.35 bits per heavy atom. The van der Waals surface area contributed by atoms with Gasteiger partial charge >= 0.3 is 0 Å². The van der Waals surface area contributed by atoms with Gasteiger partial charge in [-0.3, -0.25) is 0 Å². The summed E-state index contributed by atoms with van der Waals surface area (Å²) >= 11 is 0. The van der Waals surface area contributed by atoms with Crippen LogP contribution in [-0.2, 0) is 0 Å². The average molecular weight is 231 g/mol. The van der Waals surface area contributed by atoms with Crippen LogP contribution in [0.1, 0.15) is 63.0 Å². The minimum absolute atomic E-state index is 0.643. The minimum atomic E-state index is 0.643. The highest BCUT2D eigenvalue weighted by Crippen LogP contribution is 2.37. The Balaban J connectivity index is 1.84. The Hall–Kier alpha value is -0.820. The highest BCUT2D eigenvalue weighted by molar-refractivity contribution is 5.28. The Labute approximate surface area is 106 Å². The van der Waals surface area contributed by atoms with E-state index in [1.807, 2.05) is 0 Å². The molecule has 0 bridgehead atoms. The first kappa shape index (κ1) is 12.6. The van der Waals surface area contributed by atoms with Gasteiger partial charge in [0.05, 0.1) is 0 Å². The predicted octanol–water partition coefficient (Wildman–Crippen LogP) is 4.06. The summed E-state index contributed by atoms with van der Waals surface area (Å²) in [6, 6.07) is 10.0. The number of nitrogens with one attached hydrogen (secondary N) is 1. The van der Waals surface area contributed by atoms with Crippen molar-refractivity contribution in [2.45, 2.75) is 57.9 Å². The molecule has 0 amide bonds. The molecule has 0 spiro atoms. The fourth-order valence-corrected chi connectivity index (χ4v) is 2.56. The van der Waals surface area contributed by atoms with Crippen LogP contribution in [0.4, 0.5) is 0 Å². The van der Waals surface area contributed by atoms with Crippen molar-refractivity contribution >= 4 is 0 Å². The topological polar surface area (TPSA) is 12.0 Å². The summed E-state index contributed by atoms with van der Waals surface area (Å²) in [7, 11) is 0. The third-order valence-electron chi connectivity index (χ3n) is 3.90. The molecule has 0 atom stereocenters. The maximum Gasteiger partial charge on any atom is 0.00787 e. The molecule has 0 unspecified atom stereocenters. The van der Waals surface area contributed by atoms with E-state index in [9.17, 15) is 0 Å². The molecular formula is C16H25N. The van der Waals surface area contributed by atoms with E-state index in [4.69, 9.17) is 0 Å². The molecule has 1 aromatic rings. The Kier molecular flexibility index (Phi) is 4.22. The van der Waals surface area contributed by atoms with E-state index >= 15 is 0 Å². The summed E-state index contributed by atoms with van der Waals surface area (Å²) in [4.78, 5) is 0. The summed E-state index contributed by atoms with van der Waals surface area (Å²) < 4.78 is 0. The molecule has 1 heteroatoms. The molecule has 1 fully saturated rings. The van der Waals surface area contributed by atoms with Gasteiger partial charge < -0.3 is 5.32 Å². The molecule has 1 aromatic carbocycles. The molecule has 0 saturated heterocycles. The van der Waals surface area contributed by atoms with Gasteiger partial charge in [-0.25, -0.2) is 0 Å². The predicted molar refractivity (Wildman–Crippen MR) is 74.6 cm³/mol. The molecule has 1 N–H and O–H groups in total. The van der Waals surface area contributed by atoms with Crippen molar-refractivity contribution in [1.82, 2.24) is 5.32 Å². The first-order valence-electron chi connectivity index (χ1n) is 7.04. The molecular weight excluding hydrogens is 206 g/mol. The highest BCUT2D eigenvalue weighted by atomic mass is 14.9. The molecule has 1 aliphatic carbocycles. The summed E-state index contributed by atoms with van der Waals surface area (Å²) in [5.74, 6) is 1.44. The lowest BCUT2D eigenvalue weighted by molar-refractivity contribution is 0.292. The molecule has 0 aromatic heterocycles. The van der Waals surface area contributed by atoms with Crippen LogP contribution >= 0.6 is 0 Å². The molecule has 0 radical (unpaired) electrons. The molecule has 17 heavy (non-hydrogen) atoms. The molecule has 1 saturated carbocycles. The van der Waals surface area contributed by atoms with Crippen molar-refractivity contribution in [3.05, 3.63) is 35.4 Å². The fraction of sp³-hybridized carbons (Fsp3) is 0.625. The van der Waals surface area contributed by atoms with Gasteiger partial charge in [0.2, 0.25) is 0 Å². The van der Waals surface area contributed by atoms with Crippen molar-refractivity contribution in [2.75, 3.05) is 6.54 Å². The van der Waals surface area contributed by atoms with E-state index < -0.39 is 0 Å². The average Bonchev–Trinajstić information content (AvgIpc) is 2.28. The van der Waals surface area contributed by atoms with Crippen molar-refractivity contribution < 1.29 is 0 Å². The van der Waals surface area contributed by atoms with Crippen LogP contribution in [0.3, 0.4) is 0 Å². The first-order chi connectivity index (χ1) is 8.20. The summed E-state index contributed by atoms with van der Waals surface area (Å²) in [6.07, 6.45) is 3.88. The molecule has 94 valence electrons. The van der Waals surface area contributed by atoms with Gasteiger partial charge in [-0.1, -0.05) is 45.0 Å². The fourth-order valence-electron chi connectivity index (χ4n) is 2.56. The number of hydrogen-bond donors (Lipinski definition) is 1. The van der Waals surface area contributed by atoms with Crippen LogP contribution in [0.25, 0.3) is 0 Å². The number of benzene rings is 1. The molecule has 0 aliphatic heterocycles. The van der Waals surface area contributed by atoms with Gasteiger partial charge in [0.1, 0.15) is 0 Å². The van der Waals surface area contributed by atoms with Gasteiger partial charge in [0.25, 0.3) is 0 Å². The Morgan fingerprint density at radius 1 is 1.18 bits per heavy atom. The van der Waals surface area contributed by atoms with Crippen molar-refractivity contribution in [3.8, 4) is 0 Å².